The summed E-state index contributed by atoms with van der Waals surface area (Å²) in [6, 6.07) is 4.12. The molecule has 5 nitrogen and oxygen atoms in total. The fourth-order valence-electron chi connectivity index (χ4n) is 2.58. The number of piperazine rings is 1. The Morgan fingerprint density at radius 3 is 2.45 bits per heavy atom. The highest BCUT2D eigenvalue weighted by atomic mass is 16.5. The fourth-order valence-corrected chi connectivity index (χ4v) is 2.58. The average Bonchev–Trinajstić information content (AvgIpc) is 2.48. The number of hydrogen-bond acceptors (Lipinski definition) is 5. The van der Waals surface area contributed by atoms with Gasteiger partial charge in [-0.1, -0.05) is 0 Å². The van der Waals surface area contributed by atoms with E-state index in [9.17, 15) is 0 Å². The van der Waals surface area contributed by atoms with Crippen LogP contribution in [0.5, 0.6) is 11.5 Å². The normalized spacial score (nSPS) is 16.1. The maximum absolute atomic E-state index is 5.53. The SMILES string of the molecule is COCc1cc(CN2CCNCC2)c(OC)c(OC)c1. The third-order valence-electron chi connectivity index (χ3n) is 3.53. The second kappa shape index (κ2) is 7.47. The maximum Gasteiger partial charge on any atom is 0.165 e. The highest BCUT2D eigenvalue weighted by Gasteiger charge is 2.17. The molecule has 1 fully saturated rings. The molecule has 0 saturated carbocycles. The Morgan fingerprint density at radius 1 is 1.10 bits per heavy atom. The molecule has 1 aromatic rings. The van der Waals surface area contributed by atoms with Crippen LogP contribution in [0.3, 0.4) is 0 Å². The van der Waals surface area contributed by atoms with Gasteiger partial charge in [-0.25, -0.2) is 0 Å². The Morgan fingerprint density at radius 2 is 1.85 bits per heavy atom. The number of nitrogens with one attached hydrogen (secondary N) is 1. The van der Waals surface area contributed by atoms with Crippen LogP contribution in [0.25, 0.3) is 0 Å². The summed E-state index contributed by atoms with van der Waals surface area (Å²) in [6.45, 7) is 5.64. The van der Waals surface area contributed by atoms with E-state index in [-0.39, 0.29) is 0 Å². The standard InChI is InChI=1S/C15H24N2O3/c1-18-11-12-8-13(10-17-6-4-16-5-7-17)15(20-3)14(9-12)19-2/h8-9,16H,4-7,10-11H2,1-3H3. The van der Waals surface area contributed by atoms with Crippen LogP contribution in [0.15, 0.2) is 12.1 Å². The third kappa shape index (κ3) is 3.62. The van der Waals surface area contributed by atoms with Gasteiger partial charge >= 0.3 is 0 Å². The van der Waals surface area contributed by atoms with E-state index in [1.54, 1.807) is 21.3 Å². The lowest BCUT2D eigenvalue weighted by atomic mass is 10.1. The van der Waals surface area contributed by atoms with Gasteiger partial charge in [-0.15, -0.1) is 0 Å². The van der Waals surface area contributed by atoms with E-state index in [1.807, 2.05) is 6.07 Å². The van der Waals surface area contributed by atoms with Crippen molar-refractivity contribution in [3.63, 3.8) is 0 Å². The minimum Gasteiger partial charge on any atom is -0.493 e. The maximum atomic E-state index is 5.53. The Balaban J connectivity index is 2.24. The number of benzene rings is 1. The van der Waals surface area contributed by atoms with Gasteiger partial charge in [-0.3, -0.25) is 4.90 Å². The Hall–Kier alpha value is -1.30. The summed E-state index contributed by atoms with van der Waals surface area (Å²) in [5.41, 5.74) is 2.26. The summed E-state index contributed by atoms with van der Waals surface area (Å²) in [5.74, 6) is 1.60. The summed E-state index contributed by atoms with van der Waals surface area (Å²) in [5, 5.41) is 3.37. The molecule has 0 radical (unpaired) electrons. The number of methoxy groups -OCH3 is 3. The topological polar surface area (TPSA) is 43.0 Å². The molecule has 0 aliphatic carbocycles. The first kappa shape index (κ1) is 15.1. The molecule has 0 bridgehead atoms. The van der Waals surface area contributed by atoms with Gasteiger partial charge in [0.2, 0.25) is 0 Å². The zero-order valence-corrected chi connectivity index (χ0v) is 12.6. The second-order valence-electron chi connectivity index (χ2n) is 4.95. The van der Waals surface area contributed by atoms with Crippen molar-refractivity contribution in [1.29, 1.82) is 0 Å². The minimum absolute atomic E-state index is 0.578. The van der Waals surface area contributed by atoms with Crippen LogP contribution >= 0.6 is 0 Å². The monoisotopic (exact) mass is 280 g/mol. The van der Waals surface area contributed by atoms with Gasteiger partial charge in [0.25, 0.3) is 0 Å². The number of hydrogen-bond donors (Lipinski definition) is 1. The van der Waals surface area contributed by atoms with Crippen molar-refractivity contribution in [3.8, 4) is 11.5 Å². The molecule has 20 heavy (non-hydrogen) atoms. The van der Waals surface area contributed by atoms with Gasteiger partial charge in [0.1, 0.15) is 0 Å². The molecule has 1 heterocycles. The summed E-state index contributed by atoms with van der Waals surface area (Å²) >= 11 is 0. The Labute approximate surface area is 120 Å². The zero-order valence-electron chi connectivity index (χ0n) is 12.6. The first-order chi connectivity index (χ1) is 9.78. The van der Waals surface area contributed by atoms with Gasteiger partial charge in [0, 0.05) is 45.4 Å². The quantitative estimate of drug-likeness (QED) is 0.849. The van der Waals surface area contributed by atoms with Gasteiger partial charge in [-0.05, 0) is 17.7 Å². The molecular weight excluding hydrogens is 256 g/mol. The smallest absolute Gasteiger partial charge is 0.165 e. The van der Waals surface area contributed by atoms with Crippen molar-refractivity contribution < 1.29 is 14.2 Å². The molecular formula is C15H24N2O3. The first-order valence-electron chi connectivity index (χ1n) is 6.94. The number of rotatable bonds is 6. The molecule has 1 aliphatic rings. The van der Waals surface area contributed by atoms with E-state index >= 15 is 0 Å². The third-order valence-corrected chi connectivity index (χ3v) is 3.53. The van der Waals surface area contributed by atoms with Gasteiger partial charge in [0.15, 0.2) is 11.5 Å². The van der Waals surface area contributed by atoms with Crippen LogP contribution in [0, 0.1) is 0 Å². The molecule has 1 N–H and O–H groups in total. The predicted octanol–water partition coefficient (Wildman–Crippen LogP) is 1.26. The molecule has 0 spiro atoms. The van der Waals surface area contributed by atoms with Gasteiger partial charge in [-0.2, -0.15) is 0 Å². The number of nitrogens with zero attached hydrogens (tertiary/aromatic N) is 1. The fraction of sp³-hybridized carbons (Fsp3) is 0.600. The van der Waals surface area contributed by atoms with Crippen molar-refractivity contribution in [3.05, 3.63) is 23.3 Å². The van der Waals surface area contributed by atoms with E-state index in [4.69, 9.17) is 14.2 Å². The van der Waals surface area contributed by atoms with E-state index in [1.165, 1.54) is 0 Å². The molecule has 0 aromatic heterocycles. The highest BCUT2D eigenvalue weighted by Crippen LogP contribution is 2.33. The van der Waals surface area contributed by atoms with Gasteiger partial charge in [0.05, 0.1) is 20.8 Å². The van der Waals surface area contributed by atoms with E-state index in [2.05, 4.69) is 16.3 Å². The molecule has 1 aliphatic heterocycles. The van der Waals surface area contributed by atoms with Crippen molar-refractivity contribution in [2.45, 2.75) is 13.2 Å². The summed E-state index contributed by atoms with van der Waals surface area (Å²) < 4.78 is 16.2. The van der Waals surface area contributed by atoms with Gasteiger partial charge < -0.3 is 19.5 Å². The summed E-state index contributed by atoms with van der Waals surface area (Å²) in [6.07, 6.45) is 0. The van der Waals surface area contributed by atoms with Crippen LogP contribution in [-0.2, 0) is 17.9 Å². The number of ether oxygens (including phenoxy) is 3. The Bertz CT molecular complexity index is 431. The van der Waals surface area contributed by atoms with Crippen LogP contribution in [-0.4, -0.2) is 52.4 Å². The molecule has 0 amide bonds. The largest absolute Gasteiger partial charge is 0.493 e. The van der Waals surface area contributed by atoms with Crippen molar-refractivity contribution in [1.82, 2.24) is 10.2 Å². The zero-order chi connectivity index (χ0) is 14.4. The minimum atomic E-state index is 0.578. The van der Waals surface area contributed by atoms with Crippen molar-refractivity contribution in [2.75, 3.05) is 47.5 Å². The molecule has 0 atom stereocenters. The van der Waals surface area contributed by atoms with Crippen molar-refractivity contribution >= 4 is 0 Å². The first-order valence-corrected chi connectivity index (χ1v) is 6.94. The Kier molecular flexibility index (Phi) is 5.64. The van der Waals surface area contributed by atoms with E-state index < -0.39 is 0 Å². The average molecular weight is 280 g/mol. The molecule has 0 unspecified atom stereocenters. The van der Waals surface area contributed by atoms with Crippen LogP contribution in [0.4, 0.5) is 0 Å². The predicted molar refractivity (Wildman–Crippen MR) is 78.4 cm³/mol. The molecule has 2 rings (SSSR count). The van der Waals surface area contributed by atoms with E-state index in [0.29, 0.717) is 6.61 Å². The van der Waals surface area contributed by atoms with E-state index in [0.717, 1.165) is 55.3 Å². The van der Waals surface area contributed by atoms with Crippen LogP contribution < -0.4 is 14.8 Å². The lowest BCUT2D eigenvalue weighted by Crippen LogP contribution is -2.42. The second-order valence-corrected chi connectivity index (χ2v) is 4.95. The lowest BCUT2D eigenvalue weighted by molar-refractivity contribution is 0.184. The molecule has 1 saturated heterocycles. The summed E-state index contributed by atoms with van der Waals surface area (Å²) in [4.78, 5) is 2.42. The molecule has 1 aromatic carbocycles. The summed E-state index contributed by atoms with van der Waals surface area (Å²) in [7, 11) is 5.06. The molecule has 5 heteroatoms. The van der Waals surface area contributed by atoms with Crippen LogP contribution in [0.2, 0.25) is 0 Å². The van der Waals surface area contributed by atoms with Crippen molar-refractivity contribution in [2.24, 2.45) is 0 Å². The van der Waals surface area contributed by atoms with Crippen LogP contribution in [0.1, 0.15) is 11.1 Å². The molecule has 112 valence electrons. The highest BCUT2D eigenvalue weighted by molar-refractivity contribution is 5.49. The lowest BCUT2D eigenvalue weighted by Gasteiger charge is -2.28.